The number of aryl methyl sites for hydroxylation is 1. The van der Waals surface area contributed by atoms with E-state index in [1.165, 1.54) is 0 Å². The molecule has 124 valence electrons. The number of fused-ring (bicyclic) bond motifs is 1. The molecule has 3 aromatic heterocycles. The smallest absolute Gasteiger partial charge is 0.231 e. The zero-order valence-electron chi connectivity index (χ0n) is 13.8. The summed E-state index contributed by atoms with van der Waals surface area (Å²) in [6, 6.07) is 5.64. The number of rotatable bonds is 3. The van der Waals surface area contributed by atoms with E-state index in [1.54, 1.807) is 17.7 Å². The van der Waals surface area contributed by atoms with Crippen LogP contribution in [0, 0.1) is 6.92 Å². The van der Waals surface area contributed by atoms with Crippen molar-refractivity contribution in [2.45, 2.75) is 25.7 Å². The second-order valence-corrected chi connectivity index (χ2v) is 5.93. The highest BCUT2D eigenvalue weighted by molar-refractivity contribution is 5.40. The van der Waals surface area contributed by atoms with Gasteiger partial charge >= 0.3 is 0 Å². The van der Waals surface area contributed by atoms with Gasteiger partial charge in [0.1, 0.15) is 11.6 Å². The van der Waals surface area contributed by atoms with E-state index in [1.807, 2.05) is 25.3 Å². The van der Waals surface area contributed by atoms with E-state index < -0.39 is 0 Å². The van der Waals surface area contributed by atoms with E-state index in [-0.39, 0.29) is 0 Å². The molecule has 0 saturated carbocycles. The SMILES string of the molecule is COc1ccc2nnc(C3CCN(c4ccnc(C)n4)CC3)n2n1. The maximum atomic E-state index is 5.21. The summed E-state index contributed by atoms with van der Waals surface area (Å²) in [6.45, 7) is 3.78. The molecule has 1 aliphatic heterocycles. The van der Waals surface area contributed by atoms with Crippen molar-refractivity contribution in [3.63, 3.8) is 0 Å². The van der Waals surface area contributed by atoms with E-state index in [0.29, 0.717) is 11.8 Å². The molecule has 8 nitrogen and oxygen atoms in total. The van der Waals surface area contributed by atoms with Crippen molar-refractivity contribution < 1.29 is 4.74 Å². The molecule has 24 heavy (non-hydrogen) atoms. The van der Waals surface area contributed by atoms with E-state index in [0.717, 1.165) is 49.0 Å². The topological polar surface area (TPSA) is 81.3 Å². The number of hydrogen-bond acceptors (Lipinski definition) is 7. The van der Waals surface area contributed by atoms with E-state index >= 15 is 0 Å². The second kappa shape index (κ2) is 6.03. The lowest BCUT2D eigenvalue weighted by molar-refractivity contribution is 0.386. The quantitative estimate of drug-likeness (QED) is 0.723. The first-order chi connectivity index (χ1) is 11.7. The summed E-state index contributed by atoms with van der Waals surface area (Å²) in [7, 11) is 1.61. The lowest BCUT2D eigenvalue weighted by atomic mass is 9.96. The number of piperidine rings is 1. The van der Waals surface area contributed by atoms with Gasteiger partial charge in [-0.1, -0.05) is 0 Å². The van der Waals surface area contributed by atoms with Crippen LogP contribution < -0.4 is 9.64 Å². The molecule has 0 spiro atoms. The van der Waals surface area contributed by atoms with Gasteiger partial charge < -0.3 is 9.64 Å². The van der Waals surface area contributed by atoms with Crippen LogP contribution in [0.15, 0.2) is 24.4 Å². The third-order valence-electron chi connectivity index (χ3n) is 4.42. The molecule has 1 fully saturated rings. The molecule has 8 heteroatoms. The normalized spacial score (nSPS) is 15.8. The first-order valence-corrected chi connectivity index (χ1v) is 8.05. The van der Waals surface area contributed by atoms with Crippen molar-refractivity contribution in [1.82, 2.24) is 29.8 Å². The lowest BCUT2D eigenvalue weighted by Gasteiger charge is -2.31. The van der Waals surface area contributed by atoms with Crippen LogP contribution in [0.25, 0.3) is 5.65 Å². The minimum Gasteiger partial charge on any atom is -0.480 e. The summed E-state index contributed by atoms with van der Waals surface area (Å²) in [5.74, 6) is 3.60. The zero-order chi connectivity index (χ0) is 16.5. The Kier molecular flexibility index (Phi) is 3.72. The Morgan fingerprint density at radius 1 is 1.12 bits per heavy atom. The largest absolute Gasteiger partial charge is 0.480 e. The predicted octanol–water partition coefficient (Wildman–Crippen LogP) is 1.62. The summed E-state index contributed by atoms with van der Waals surface area (Å²) >= 11 is 0. The molecule has 0 N–H and O–H groups in total. The van der Waals surface area contributed by atoms with E-state index in [9.17, 15) is 0 Å². The fourth-order valence-electron chi connectivity index (χ4n) is 3.14. The molecule has 1 aliphatic rings. The van der Waals surface area contributed by atoms with Gasteiger partial charge in [-0.25, -0.2) is 9.97 Å². The monoisotopic (exact) mass is 325 g/mol. The molecule has 4 rings (SSSR count). The van der Waals surface area contributed by atoms with Gasteiger partial charge in [0.15, 0.2) is 11.5 Å². The number of hydrogen-bond donors (Lipinski definition) is 0. The average molecular weight is 325 g/mol. The molecular weight excluding hydrogens is 306 g/mol. The van der Waals surface area contributed by atoms with E-state index in [2.05, 4.69) is 30.2 Å². The highest BCUT2D eigenvalue weighted by atomic mass is 16.5. The Bertz CT molecular complexity index is 855. The van der Waals surface area contributed by atoms with Crippen molar-refractivity contribution in [3.8, 4) is 5.88 Å². The van der Waals surface area contributed by atoms with Crippen molar-refractivity contribution in [3.05, 3.63) is 36.0 Å². The first-order valence-electron chi connectivity index (χ1n) is 8.05. The lowest BCUT2D eigenvalue weighted by Crippen LogP contribution is -2.34. The molecule has 1 saturated heterocycles. The zero-order valence-corrected chi connectivity index (χ0v) is 13.8. The molecule has 0 radical (unpaired) electrons. The molecule has 0 bridgehead atoms. The van der Waals surface area contributed by atoms with Crippen LogP contribution in [0.1, 0.15) is 30.4 Å². The highest BCUT2D eigenvalue weighted by Gasteiger charge is 2.26. The Labute approximate surface area is 139 Å². The summed E-state index contributed by atoms with van der Waals surface area (Å²) in [6.07, 6.45) is 3.79. The van der Waals surface area contributed by atoms with Crippen LogP contribution in [-0.4, -0.2) is 50.0 Å². The van der Waals surface area contributed by atoms with Crippen LogP contribution >= 0.6 is 0 Å². The Balaban J connectivity index is 1.53. The number of ether oxygens (including phenoxy) is 1. The Morgan fingerprint density at radius 3 is 2.71 bits per heavy atom. The average Bonchev–Trinajstić information content (AvgIpc) is 3.05. The van der Waals surface area contributed by atoms with Gasteiger partial charge in [-0.15, -0.1) is 15.3 Å². The van der Waals surface area contributed by atoms with Gasteiger partial charge in [0.25, 0.3) is 0 Å². The minimum absolute atomic E-state index is 0.332. The van der Waals surface area contributed by atoms with Crippen LogP contribution in [0.2, 0.25) is 0 Å². The highest BCUT2D eigenvalue weighted by Crippen LogP contribution is 2.29. The van der Waals surface area contributed by atoms with Gasteiger partial charge in [-0.05, 0) is 31.9 Å². The summed E-state index contributed by atoms with van der Waals surface area (Å²) < 4.78 is 7.01. The fraction of sp³-hybridized carbons (Fsp3) is 0.438. The molecule has 0 aromatic carbocycles. The van der Waals surface area contributed by atoms with Crippen molar-refractivity contribution >= 4 is 11.5 Å². The van der Waals surface area contributed by atoms with Crippen LogP contribution in [0.5, 0.6) is 5.88 Å². The van der Waals surface area contributed by atoms with Gasteiger partial charge in [-0.2, -0.15) is 4.52 Å². The second-order valence-electron chi connectivity index (χ2n) is 5.93. The molecule has 0 atom stereocenters. The molecule has 0 unspecified atom stereocenters. The number of aromatic nitrogens is 6. The molecule has 3 aromatic rings. The third kappa shape index (κ3) is 2.64. The Hall–Kier alpha value is -2.77. The van der Waals surface area contributed by atoms with Gasteiger partial charge in [0, 0.05) is 31.3 Å². The van der Waals surface area contributed by atoms with E-state index in [4.69, 9.17) is 4.74 Å². The number of methoxy groups -OCH3 is 1. The molecule has 0 amide bonds. The fourth-order valence-corrected chi connectivity index (χ4v) is 3.14. The van der Waals surface area contributed by atoms with Crippen molar-refractivity contribution in [2.75, 3.05) is 25.1 Å². The summed E-state index contributed by atoms with van der Waals surface area (Å²) in [5, 5.41) is 13.0. The van der Waals surface area contributed by atoms with Gasteiger partial charge in [-0.3, -0.25) is 0 Å². The third-order valence-corrected chi connectivity index (χ3v) is 4.42. The van der Waals surface area contributed by atoms with Crippen molar-refractivity contribution in [1.29, 1.82) is 0 Å². The number of anilines is 1. The maximum Gasteiger partial charge on any atom is 0.231 e. The molecule has 0 aliphatic carbocycles. The van der Waals surface area contributed by atoms with Crippen molar-refractivity contribution in [2.24, 2.45) is 0 Å². The van der Waals surface area contributed by atoms with Gasteiger partial charge in [0.2, 0.25) is 5.88 Å². The molecular formula is C16H19N7O. The predicted molar refractivity (Wildman–Crippen MR) is 88.3 cm³/mol. The maximum absolute atomic E-state index is 5.21. The molecule has 4 heterocycles. The van der Waals surface area contributed by atoms with Gasteiger partial charge in [0.05, 0.1) is 7.11 Å². The first kappa shape index (κ1) is 14.8. The van der Waals surface area contributed by atoms with Crippen LogP contribution in [0.3, 0.4) is 0 Å². The minimum atomic E-state index is 0.332. The summed E-state index contributed by atoms with van der Waals surface area (Å²) in [5.41, 5.74) is 0.750. The Morgan fingerprint density at radius 2 is 1.96 bits per heavy atom. The standard InChI is InChI=1S/C16H19N7O/c1-11-17-8-5-13(18-11)22-9-6-12(7-10-22)16-20-19-14-3-4-15(24-2)21-23(14)16/h3-5,8,12H,6-7,9-10H2,1-2H3. The summed E-state index contributed by atoms with van der Waals surface area (Å²) in [4.78, 5) is 11.0. The van der Waals surface area contributed by atoms with Crippen LogP contribution in [-0.2, 0) is 0 Å². The van der Waals surface area contributed by atoms with Crippen LogP contribution in [0.4, 0.5) is 5.82 Å². The number of nitrogens with zero attached hydrogens (tertiary/aromatic N) is 7.